The van der Waals surface area contributed by atoms with Gasteiger partial charge in [0.25, 0.3) is 0 Å². The molecule has 1 amide bonds. The minimum Gasteiger partial charge on any atom is -0.496 e. The molecule has 3 rings (SSSR count). The third kappa shape index (κ3) is 5.12. The zero-order valence-corrected chi connectivity index (χ0v) is 18.2. The number of nitrogens with one attached hydrogen (secondary N) is 1. The minimum absolute atomic E-state index is 0.0165. The molecule has 30 heavy (non-hydrogen) atoms. The SMILES string of the molecule is COc1ccccc1-c1c(Cl)cc(NC(=O)Cc2ccc(S(N)(=O)=O)cc2)cc1Cl. The van der Waals surface area contributed by atoms with Gasteiger partial charge in [-0.25, -0.2) is 13.6 Å². The fourth-order valence-electron chi connectivity index (χ4n) is 2.94. The first kappa shape index (κ1) is 22.1. The summed E-state index contributed by atoms with van der Waals surface area (Å²) >= 11 is 12.9. The zero-order chi connectivity index (χ0) is 21.9. The second-order valence-electron chi connectivity index (χ2n) is 6.43. The van der Waals surface area contributed by atoms with Gasteiger partial charge >= 0.3 is 0 Å². The van der Waals surface area contributed by atoms with Crippen LogP contribution in [0.25, 0.3) is 11.1 Å². The van der Waals surface area contributed by atoms with Crippen molar-refractivity contribution < 1.29 is 17.9 Å². The third-order valence-corrected chi connectivity index (χ3v) is 5.84. The number of benzene rings is 3. The highest BCUT2D eigenvalue weighted by atomic mass is 35.5. The number of rotatable bonds is 6. The van der Waals surface area contributed by atoms with E-state index in [9.17, 15) is 13.2 Å². The Morgan fingerprint density at radius 2 is 1.63 bits per heavy atom. The molecule has 0 aliphatic heterocycles. The molecule has 3 aromatic rings. The highest BCUT2D eigenvalue weighted by Crippen LogP contribution is 2.41. The van der Waals surface area contributed by atoms with E-state index in [-0.39, 0.29) is 17.2 Å². The molecule has 0 unspecified atom stereocenters. The lowest BCUT2D eigenvalue weighted by Gasteiger charge is -2.14. The summed E-state index contributed by atoms with van der Waals surface area (Å²) in [6.07, 6.45) is 0.0361. The molecule has 0 saturated carbocycles. The molecule has 0 heterocycles. The van der Waals surface area contributed by atoms with E-state index in [1.54, 1.807) is 25.3 Å². The van der Waals surface area contributed by atoms with Crippen LogP contribution in [0, 0.1) is 0 Å². The number of hydrogen-bond donors (Lipinski definition) is 2. The molecule has 0 aromatic heterocycles. The molecule has 0 spiro atoms. The zero-order valence-electron chi connectivity index (χ0n) is 15.9. The molecule has 0 radical (unpaired) electrons. The molecule has 3 aromatic carbocycles. The number of nitrogens with two attached hydrogens (primary N) is 1. The van der Waals surface area contributed by atoms with Gasteiger partial charge in [-0.05, 0) is 35.9 Å². The maximum absolute atomic E-state index is 12.4. The van der Waals surface area contributed by atoms with Crippen molar-refractivity contribution >= 4 is 44.8 Å². The van der Waals surface area contributed by atoms with E-state index in [0.717, 1.165) is 5.56 Å². The molecule has 0 fully saturated rings. The Hall–Kier alpha value is -2.58. The Balaban J connectivity index is 1.78. The van der Waals surface area contributed by atoms with Gasteiger partial charge in [0.15, 0.2) is 0 Å². The van der Waals surface area contributed by atoms with Crippen LogP contribution >= 0.6 is 23.2 Å². The number of hydrogen-bond acceptors (Lipinski definition) is 4. The predicted octanol–water partition coefficient (Wildman–Crippen LogP) is 4.50. The van der Waals surface area contributed by atoms with E-state index < -0.39 is 10.0 Å². The number of methoxy groups -OCH3 is 1. The summed E-state index contributed by atoms with van der Waals surface area (Å²) in [4.78, 5) is 12.4. The standard InChI is InChI=1S/C21H18Cl2N2O4S/c1-29-19-5-3-2-4-16(19)21-17(22)11-14(12-18(21)23)25-20(26)10-13-6-8-15(9-7-13)30(24,27)28/h2-9,11-12H,10H2,1H3,(H,25,26)(H2,24,27,28). The lowest BCUT2D eigenvalue weighted by Crippen LogP contribution is -2.15. The molecule has 0 saturated heterocycles. The van der Waals surface area contributed by atoms with Crippen LogP contribution in [0.3, 0.4) is 0 Å². The van der Waals surface area contributed by atoms with Crippen LogP contribution in [0.1, 0.15) is 5.56 Å². The number of halogens is 2. The van der Waals surface area contributed by atoms with Crippen LogP contribution in [-0.2, 0) is 21.2 Å². The Morgan fingerprint density at radius 1 is 1.03 bits per heavy atom. The van der Waals surface area contributed by atoms with Crippen molar-refractivity contribution in [2.24, 2.45) is 5.14 Å². The number of ether oxygens (including phenoxy) is 1. The summed E-state index contributed by atoms with van der Waals surface area (Å²) in [5, 5.41) is 8.54. The van der Waals surface area contributed by atoms with Crippen LogP contribution in [-0.4, -0.2) is 21.4 Å². The molecule has 3 N–H and O–H groups in total. The minimum atomic E-state index is -3.78. The first-order chi connectivity index (χ1) is 14.2. The van der Waals surface area contributed by atoms with Crippen molar-refractivity contribution in [2.45, 2.75) is 11.3 Å². The van der Waals surface area contributed by atoms with Gasteiger partial charge in [0.05, 0.1) is 28.5 Å². The lowest BCUT2D eigenvalue weighted by atomic mass is 10.0. The van der Waals surface area contributed by atoms with Gasteiger partial charge in [-0.3, -0.25) is 4.79 Å². The fourth-order valence-corrected chi connectivity index (χ4v) is 4.15. The van der Waals surface area contributed by atoms with E-state index in [0.29, 0.717) is 32.6 Å². The van der Waals surface area contributed by atoms with Crippen LogP contribution in [0.4, 0.5) is 5.69 Å². The average Bonchev–Trinajstić information content (AvgIpc) is 2.67. The Bertz CT molecular complexity index is 1170. The fraction of sp³-hybridized carbons (Fsp3) is 0.0952. The van der Waals surface area contributed by atoms with Crippen molar-refractivity contribution in [3.8, 4) is 16.9 Å². The highest BCUT2D eigenvalue weighted by molar-refractivity contribution is 7.89. The summed E-state index contributed by atoms with van der Waals surface area (Å²) < 4.78 is 28.0. The number of para-hydroxylation sites is 1. The molecule has 0 bridgehead atoms. The second-order valence-corrected chi connectivity index (χ2v) is 8.80. The molecular weight excluding hydrogens is 447 g/mol. The second kappa shape index (κ2) is 9.06. The summed E-state index contributed by atoms with van der Waals surface area (Å²) in [7, 11) is -2.22. The number of sulfonamides is 1. The maximum atomic E-state index is 12.4. The summed E-state index contributed by atoms with van der Waals surface area (Å²) in [6.45, 7) is 0. The number of amides is 1. The summed E-state index contributed by atoms with van der Waals surface area (Å²) in [5.41, 5.74) is 2.41. The first-order valence-corrected chi connectivity index (χ1v) is 11.0. The van der Waals surface area contributed by atoms with Crippen LogP contribution in [0.2, 0.25) is 10.0 Å². The van der Waals surface area contributed by atoms with E-state index in [4.69, 9.17) is 33.1 Å². The first-order valence-electron chi connectivity index (χ1n) is 8.73. The van der Waals surface area contributed by atoms with Gasteiger partial charge in [-0.2, -0.15) is 0 Å². The number of primary sulfonamides is 1. The van der Waals surface area contributed by atoms with Gasteiger partial charge in [0.1, 0.15) is 5.75 Å². The predicted molar refractivity (Wildman–Crippen MR) is 119 cm³/mol. The Labute approximate surface area is 184 Å². The monoisotopic (exact) mass is 464 g/mol. The lowest BCUT2D eigenvalue weighted by molar-refractivity contribution is -0.115. The molecule has 0 aliphatic rings. The molecular formula is C21H18Cl2N2O4S. The number of carbonyl (C=O) groups excluding carboxylic acids is 1. The highest BCUT2D eigenvalue weighted by Gasteiger charge is 2.16. The van der Waals surface area contributed by atoms with Gasteiger partial charge in [0, 0.05) is 16.8 Å². The maximum Gasteiger partial charge on any atom is 0.238 e. The third-order valence-electron chi connectivity index (χ3n) is 4.32. The Kier molecular flexibility index (Phi) is 6.67. The largest absolute Gasteiger partial charge is 0.496 e. The average molecular weight is 465 g/mol. The number of carbonyl (C=O) groups is 1. The van der Waals surface area contributed by atoms with E-state index in [1.807, 2.05) is 18.2 Å². The van der Waals surface area contributed by atoms with Crippen molar-refractivity contribution in [3.63, 3.8) is 0 Å². The number of anilines is 1. The summed E-state index contributed by atoms with van der Waals surface area (Å²) in [6, 6.07) is 16.3. The van der Waals surface area contributed by atoms with Gasteiger partial charge < -0.3 is 10.1 Å². The van der Waals surface area contributed by atoms with Crippen LogP contribution in [0.15, 0.2) is 65.6 Å². The van der Waals surface area contributed by atoms with Gasteiger partial charge in [-0.1, -0.05) is 53.5 Å². The van der Waals surface area contributed by atoms with E-state index >= 15 is 0 Å². The van der Waals surface area contributed by atoms with E-state index in [1.165, 1.54) is 24.3 Å². The van der Waals surface area contributed by atoms with Gasteiger partial charge in [-0.15, -0.1) is 0 Å². The molecule has 6 nitrogen and oxygen atoms in total. The topological polar surface area (TPSA) is 98.5 Å². The van der Waals surface area contributed by atoms with Crippen LogP contribution < -0.4 is 15.2 Å². The molecule has 9 heteroatoms. The van der Waals surface area contributed by atoms with Crippen molar-refractivity contribution in [1.29, 1.82) is 0 Å². The molecule has 0 atom stereocenters. The van der Waals surface area contributed by atoms with Crippen LogP contribution in [0.5, 0.6) is 5.75 Å². The normalized spacial score (nSPS) is 11.2. The van der Waals surface area contributed by atoms with Crippen molar-refractivity contribution in [3.05, 3.63) is 76.3 Å². The van der Waals surface area contributed by atoms with Crippen molar-refractivity contribution in [2.75, 3.05) is 12.4 Å². The Morgan fingerprint density at radius 3 is 2.20 bits per heavy atom. The van der Waals surface area contributed by atoms with E-state index in [2.05, 4.69) is 5.32 Å². The smallest absolute Gasteiger partial charge is 0.238 e. The van der Waals surface area contributed by atoms with Crippen molar-refractivity contribution in [1.82, 2.24) is 0 Å². The molecule has 156 valence electrons. The summed E-state index contributed by atoms with van der Waals surface area (Å²) in [5.74, 6) is 0.316. The molecule has 0 aliphatic carbocycles. The quantitative estimate of drug-likeness (QED) is 0.560. The van der Waals surface area contributed by atoms with Gasteiger partial charge in [0.2, 0.25) is 15.9 Å².